The van der Waals surface area contributed by atoms with E-state index in [9.17, 15) is 9.59 Å². The van der Waals surface area contributed by atoms with Gasteiger partial charge in [0.1, 0.15) is 0 Å². The summed E-state index contributed by atoms with van der Waals surface area (Å²) in [5, 5.41) is 0. The number of Topliss-reactive ketones (excluding diaryl/α,β-unsaturated/α-hetero) is 1. The van der Waals surface area contributed by atoms with E-state index in [1.165, 1.54) is 14.0 Å². The number of ketones is 1. The molecule has 4 heteroatoms. The fourth-order valence-electron chi connectivity index (χ4n) is 1.45. The predicted molar refractivity (Wildman–Crippen MR) is 62.1 cm³/mol. The topological polar surface area (TPSA) is 46.6 Å². The molecule has 0 N–H and O–H groups in total. The van der Waals surface area contributed by atoms with E-state index in [1.807, 2.05) is 19.0 Å². The number of hydrogen-bond donors (Lipinski definition) is 0. The molecule has 0 spiro atoms. The van der Waals surface area contributed by atoms with Gasteiger partial charge in [-0.25, -0.2) is 4.79 Å². The highest BCUT2D eigenvalue weighted by atomic mass is 16.5. The summed E-state index contributed by atoms with van der Waals surface area (Å²) in [5.74, 6) is -0.512. The van der Waals surface area contributed by atoms with Gasteiger partial charge in [0.2, 0.25) is 0 Å². The van der Waals surface area contributed by atoms with Crippen molar-refractivity contribution >= 4 is 17.4 Å². The van der Waals surface area contributed by atoms with Crippen LogP contribution in [-0.4, -0.2) is 33.0 Å². The number of hydrogen-bond acceptors (Lipinski definition) is 4. The molecular formula is C12H15NO3. The normalized spacial score (nSPS) is 9.75. The lowest BCUT2D eigenvalue weighted by Gasteiger charge is -2.16. The van der Waals surface area contributed by atoms with Crippen LogP contribution in [0.3, 0.4) is 0 Å². The van der Waals surface area contributed by atoms with Crippen molar-refractivity contribution in [3.63, 3.8) is 0 Å². The van der Waals surface area contributed by atoms with Crippen LogP contribution in [-0.2, 0) is 4.74 Å². The SMILES string of the molecule is COC(=O)c1ccc(N(C)C)c(C(C)=O)c1. The van der Waals surface area contributed by atoms with Gasteiger partial charge in [0.25, 0.3) is 0 Å². The summed E-state index contributed by atoms with van der Waals surface area (Å²) < 4.78 is 4.61. The largest absolute Gasteiger partial charge is 0.465 e. The Kier molecular flexibility index (Phi) is 3.66. The van der Waals surface area contributed by atoms with Gasteiger partial charge < -0.3 is 9.64 Å². The molecule has 0 aliphatic heterocycles. The summed E-state index contributed by atoms with van der Waals surface area (Å²) in [6.45, 7) is 1.48. The summed E-state index contributed by atoms with van der Waals surface area (Å²) in [6, 6.07) is 4.94. The molecule has 1 aromatic carbocycles. The van der Waals surface area contributed by atoms with E-state index in [-0.39, 0.29) is 5.78 Å². The molecule has 4 nitrogen and oxygen atoms in total. The predicted octanol–water partition coefficient (Wildman–Crippen LogP) is 1.74. The van der Waals surface area contributed by atoms with E-state index in [0.717, 1.165) is 5.69 Å². The molecule has 0 unspecified atom stereocenters. The Morgan fingerprint density at radius 1 is 1.25 bits per heavy atom. The van der Waals surface area contributed by atoms with Crippen LogP contribution < -0.4 is 4.90 Å². The molecule has 16 heavy (non-hydrogen) atoms. The molecule has 0 fully saturated rings. The fourth-order valence-corrected chi connectivity index (χ4v) is 1.45. The second kappa shape index (κ2) is 4.79. The standard InChI is InChI=1S/C12H15NO3/c1-8(14)10-7-9(12(15)16-4)5-6-11(10)13(2)3/h5-7H,1-4H3. The van der Waals surface area contributed by atoms with Crippen molar-refractivity contribution < 1.29 is 14.3 Å². The van der Waals surface area contributed by atoms with Crippen LogP contribution in [0.1, 0.15) is 27.6 Å². The van der Waals surface area contributed by atoms with Crippen LogP contribution in [0.4, 0.5) is 5.69 Å². The molecule has 0 amide bonds. The lowest BCUT2D eigenvalue weighted by Crippen LogP contribution is -2.14. The van der Waals surface area contributed by atoms with Crippen molar-refractivity contribution in [2.75, 3.05) is 26.1 Å². The second-order valence-electron chi connectivity index (χ2n) is 3.67. The highest BCUT2D eigenvalue weighted by molar-refractivity contribution is 6.02. The molecule has 0 radical (unpaired) electrons. The maximum absolute atomic E-state index is 11.5. The second-order valence-corrected chi connectivity index (χ2v) is 3.67. The van der Waals surface area contributed by atoms with Gasteiger partial charge in [-0.05, 0) is 25.1 Å². The third-order valence-electron chi connectivity index (χ3n) is 2.28. The summed E-state index contributed by atoms with van der Waals surface area (Å²) in [4.78, 5) is 24.6. The maximum atomic E-state index is 11.5. The van der Waals surface area contributed by atoms with Crippen molar-refractivity contribution in [1.82, 2.24) is 0 Å². The Balaban J connectivity index is 3.28. The lowest BCUT2D eigenvalue weighted by molar-refractivity contribution is 0.0601. The molecule has 0 aromatic heterocycles. The summed E-state index contributed by atoms with van der Waals surface area (Å²) in [6.07, 6.45) is 0. The fraction of sp³-hybridized carbons (Fsp3) is 0.333. The third kappa shape index (κ3) is 2.39. The number of carbonyl (C=O) groups excluding carboxylic acids is 2. The van der Waals surface area contributed by atoms with Gasteiger partial charge in [0, 0.05) is 25.3 Å². The number of ether oxygens (including phenoxy) is 1. The zero-order valence-electron chi connectivity index (χ0n) is 9.90. The molecule has 0 aliphatic carbocycles. The molecular weight excluding hydrogens is 206 g/mol. The zero-order chi connectivity index (χ0) is 12.3. The zero-order valence-corrected chi connectivity index (χ0v) is 9.90. The van der Waals surface area contributed by atoms with E-state index < -0.39 is 5.97 Å². The molecule has 0 heterocycles. The van der Waals surface area contributed by atoms with E-state index in [1.54, 1.807) is 18.2 Å². The Labute approximate surface area is 94.8 Å². The van der Waals surface area contributed by atoms with Crippen LogP contribution in [0.5, 0.6) is 0 Å². The molecule has 0 saturated heterocycles. The van der Waals surface area contributed by atoms with Gasteiger partial charge in [-0.15, -0.1) is 0 Å². The van der Waals surface area contributed by atoms with Crippen molar-refractivity contribution in [3.8, 4) is 0 Å². The first-order valence-corrected chi connectivity index (χ1v) is 4.88. The lowest BCUT2D eigenvalue weighted by atomic mass is 10.0. The van der Waals surface area contributed by atoms with Gasteiger partial charge in [-0.3, -0.25) is 4.79 Å². The molecule has 0 aliphatic rings. The molecule has 86 valence electrons. The minimum atomic E-state index is -0.437. The van der Waals surface area contributed by atoms with Gasteiger partial charge in [-0.2, -0.15) is 0 Å². The highest BCUT2D eigenvalue weighted by Gasteiger charge is 2.13. The van der Waals surface area contributed by atoms with Crippen LogP contribution in [0, 0.1) is 0 Å². The molecule has 0 atom stereocenters. The Morgan fingerprint density at radius 3 is 2.31 bits per heavy atom. The van der Waals surface area contributed by atoms with Gasteiger partial charge in [0.05, 0.1) is 12.7 Å². The Bertz CT molecular complexity index is 424. The van der Waals surface area contributed by atoms with E-state index >= 15 is 0 Å². The minimum Gasteiger partial charge on any atom is -0.465 e. The first-order valence-electron chi connectivity index (χ1n) is 4.88. The first kappa shape index (κ1) is 12.2. The number of nitrogens with zero attached hydrogens (tertiary/aromatic N) is 1. The number of esters is 1. The average Bonchev–Trinajstić information content (AvgIpc) is 2.26. The molecule has 1 rings (SSSR count). The van der Waals surface area contributed by atoms with Crippen LogP contribution in [0.25, 0.3) is 0 Å². The molecule has 0 saturated carbocycles. The third-order valence-corrected chi connectivity index (χ3v) is 2.28. The summed E-state index contributed by atoms with van der Waals surface area (Å²) >= 11 is 0. The number of methoxy groups -OCH3 is 1. The first-order chi connectivity index (χ1) is 7.47. The van der Waals surface area contributed by atoms with Gasteiger partial charge >= 0.3 is 5.97 Å². The van der Waals surface area contributed by atoms with Gasteiger partial charge in [-0.1, -0.05) is 0 Å². The minimum absolute atomic E-state index is 0.0746. The van der Waals surface area contributed by atoms with Crippen molar-refractivity contribution in [1.29, 1.82) is 0 Å². The smallest absolute Gasteiger partial charge is 0.337 e. The summed E-state index contributed by atoms with van der Waals surface area (Å²) in [7, 11) is 5.01. The van der Waals surface area contributed by atoms with Crippen molar-refractivity contribution in [2.45, 2.75) is 6.92 Å². The quantitative estimate of drug-likeness (QED) is 0.576. The number of anilines is 1. The monoisotopic (exact) mass is 221 g/mol. The maximum Gasteiger partial charge on any atom is 0.337 e. The number of rotatable bonds is 3. The highest BCUT2D eigenvalue weighted by Crippen LogP contribution is 2.21. The summed E-state index contributed by atoms with van der Waals surface area (Å²) in [5.41, 5.74) is 1.70. The number of carbonyl (C=O) groups is 2. The van der Waals surface area contributed by atoms with E-state index in [0.29, 0.717) is 11.1 Å². The van der Waals surface area contributed by atoms with Crippen LogP contribution in [0.15, 0.2) is 18.2 Å². The van der Waals surface area contributed by atoms with Crippen LogP contribution >= 0.6 is 0 Å². The van der Waals surface area contributed by atoms with Gasteiger partial charge in [0.15, 0.2) is 5.78 Å². The Morgan fingerprint density at radius 2 is 1.88 bits per heavy atom. The molecule has 1 aromatic rings. The number of benzene rings is 1. The van der Waals surface area contributed by atoms with Crippen molar-refractivity contribution in [3.05, 3.63) is 29.3 Å². The van der Waals surface area contributed by atoms with Crippen LogP contribution in [0.2, 0.25) is 0 Å². The van der Waals surface area contributed by atoms with Crippen molar-refractivity contribution in [2.24, 2.45) is 0 Å². The van der Waals surface area contributed by atoms with E-state index in [2.05, 4.69) is 4.74 Å². The average molecular weight is 221 g/mol. The van der Waals surface area contributed by atoms with E-state index in [4.69, 9.17) is 0 Å². The molecule has 0 bridgehead atoms. The Hall–Kier alpha value is -1.84.